The molecule has 6 nitrogen and oxygen atoms in total. The average Bonchev–Trinajstić information content (AvgIpc) is 2.43. The first-order valence-electron chi connectivity index (χ1n) is 7.05. The molecule has 1 heterocycles. The molecule has 0 atom stereocenters. The van der Waals surface area contributed by atoms with Crippen molar-refractivity contribution in [1.82, 2.24) is 9.80 Å². The highest BCUT2D eigenvalue weighted by molar-refractivity contribution is 5.88. The minimum absolute atomic E-state index is 0.275. The highest BCUT2D eigenvalue weighted by Crippen LogP contribution is 2.17. The first kappa shape index (κ1) is 16.2. The molecular formula is C13H28N4O2. The van der Waals surface area contributed by atoms with Gasteiger partial charge < -0.3 is 20.6 Å². The molecule has 1 rings (SSSR count). The summed E-state index contributed by atoms with van der Waals surface area (Å²) in [5.41, 5.74) is 5.38. The number of amidine groups is 1. The molecule has 1 aliphatic heterocycles. The van der Waals surface area contributed by atoms with Gasteiger partial charge in [0, 0.05) is 45.9 Å². The Kier molecular flexibility index (Phi) is 6.54. The maximum atomic E-state index is 8.83. The summed E-state index contributed by atoms with van der Waals surface area (Å²) in [6, 6.07) is 0. The van der Waals surface area contributed by atoms with E-state index >= 15 is 0 Å². The average molecular weight is 272 g/mol. The van der Waals surface area contributed by atoms with Gasteiger partial charge in [-0.3, -0.25) is 4.90 Å². The normalized spacial score (nSPS) is 19.8. The van der Waals surface area contributed by atoms with Crippen molar-refractivity contribution in [1.29, 1.82) is 0 Å². The van der Waals surface area contributed by atoms with Crippen LogP contribution in [0.25, 0.3) is 0 Å². The summed E-state index contributed by atoms with van der Waals surface area (Å²) in [5.74, 6) is 0.275. The van der Waals surface area contributed by atoms with Crippen molar-refractivity contribution in [2.75, 3.05) is 45.9 Å². The fourth-order valence-electron chi connectivity index (χ4n) is 2.35. The fourth-order valence-corrected chi connectivity index (χ4v) is 2.35. The van der Waals surface area contributed by atoms with Crippen molar-refractivity contribution in [2.24, 2.45) is 10.9 Å². The maximum Gasteiger partial charge on any atom is 0.159 e. The van der Waals surface area contributed by atoms with Gasteiger partial charge in [-0.05, 0) is 27.2 Å². The number of hydrogen-bond acceptors (Lipinski definition) is 5. The van der Waals surface area contributed by atoms with E-state index in [2.05, 4.69) is 15.0 Å². The van der Waals surface area contributed by atoms with E-state index in [4.69, 9.17) is 15.7 Å². The molecule has 19 heavy (non-hydrogen) atoms. The second kappa shape index (κ2) is 7.67. The lowest BCUT2D eigenvalue weighted by molar-refractivity contribution is 0.0731. The quantitative estimate of drug-likeness (QED) is 0.233. The Morgan fingerprint density at radius 2 is 1.95 bits per heavy atom. The molecule has 0 bridgehead atoms. The van der Waals surface area contributed by atoms with Gasteiger partial charge in [-0.25, -0.2) is 0 Å². The lowest BCUT2D eigenvalue weighted by atomic mass is 10.0. The number of oxime groups is 1. The van der Waals surface area contributed by atoms with Crippen LogP contribution in [0.15, 0.2) is 5.16 Å². The van der Waals surface area contributed by atoms with Crippen LogP contribution in [0.2, 0.25) is 0 Å². The lowest BCUT2D eigenvalue weighted by Crippen LogP contribution is -2.59. The Hall–Kier alpha value is -0.850. The number of nitrogens with two attached hydrogens (primary N) is 1. The Balaban J connectivity index is 2.32. The van der Waals surface area contributed by atoms with E-state index in [0.29, 0.717) is 0 Å². The molecule has 0 aliphatic carbocycles. The largest absolute Gasteiger partial charge is 0.409 e. The fraction of sp³-hybridized carbons (Fsp3) is 0.923. The van der Waals surface area contributed by atoms with Gasteiger partial charge in [-0.2, -0.15) is 0 Å². The second-order valence-corrected chi connectivity index (χ2v) is 5.42. The van der Waals surface area contributed by atoms with Crippen molar-refractivity contribution in [3.63, 3.8) is 0 Å². The van der Waals surface area contributed by atoms with Crippen LogP contribution in [0.4, 0.5) is 0 Å². The number of rotatable bonds is 7. The number of ether oxygens (including phenoxy) is 1. The third kappa shape index (κ3) is 4.63. The minimum Gasteiger partial charge on any atom is -0.409 e. The molecule has 0 radical (unpaired) electrons. The van der Waals surface area contributed by atoms with Crippen molar-refractivity contribution >= 4 is 5.84 Å². The van der Waals surface area contributed by atoms with Crippen LogP contribution in [0, 0.1) is 0 Å². The molecule has 1 aliphatic rings. The first-order valence-corrected chi connectivity index (χ1v) is 7.05. The standard InChI is InChI=1S/C13H28N4O2/c1-4-19-11-5-6-16-7-9-17(10-8-16)13(2,3)12(14)15-18/h18H,4-11H2,1-3H3,(H2,14,15). The van der Waals surface area contributed by atoms with Gasteiger partial charge in [0.1, 0.15) is 0 Å². The lowest BCUT2D eigenvalue weighted by Gasteiger charge is -2.43. The molecular weight excluding hydrogens is 244 g/mol. The Bertz CT molecular complexity index is 286. The predicted molar refractivity (Wildman–Crippen MR) is 76.6 cm³/mol. The van der Waals surface area contributed by atoms with E-state index in [1.54, 1.807) is 0 Å². The van der Waals surface area contributed by atoms with E-state index in [9.17, 15) is 0 Å². The van der Waals surface area contributed by atoms with Gasteiger partial charge >= 0.3 is 0 Å². The van der Waals surface area contributed by atoms with E-state index in [0.717, 1.165) is 52.4 Å². The Morgan fingerprint density at radius 1 is 1.32 bits per heavy atom. The Labute approximate surface area is 116 Å². The van der Waals surface area contributed by atoms with Crippen molar-refractivity contribution < 1.29 is 9.94 Å². The number of nitrogens with zero attached hydrogens (tertiary/aromatic N) is 3. The molecule has 3 N–H and O–H groups in total. The summed E-state index contributed by atoms with van der Waals surface area (Å²) >= 11 is 0. The van der Waals surface area contributed by atoms with Crippen LogP contribution in [-0.4, -0.2) is 72.3 Å². The summed E-state index contributed by atoms with van der Waals surface area (Å²) < 4.78 is 5.35. The molecule has 0 saturated carbocycles. The van der Waals surface area contributed by atoms with Gasteiger partial charge in [-0.1, -0.05) is 5.16 Å². The minimum atomic E-state index is -0.383. The zero-order valence-corrected chi connectivity index (χ0v) is 12.4. The van der Waals surface area contributed by atoms with Crippen LogP contribution in [0.5, 0.6) is 0 Å². The van der Waals surface area contributed by atoms with Crippen LogP contribution in [-0.2, 0) is 4.74 Å². The van der Waals surface area contributed by atoms with Gasteiger partial charge in [-0.15, -0.1) is 0 Å². The zero-order chi connectivity index (χ0) is 14.3. The van der Waals surface area contributed by atoms with E-state index in [1.165, 1.54) is 0 Å². The molecule has 1 saturated heterocycles. The van der Waals surface area contributed by atoms with Crippen LogP contribution < -0.4 is 5.73 Å². The smallest absolute Gasteiger partial charge is 0.159 e. The van der Waals surface area contributed by atoms with Crippen LogP contribution >= 0.6 is 0 Å². The number of hydrogen-bond donors (Lipinski definition) is 2. The van der Waals surface area contributed by atoms with Gasteiger partial charge in [0.15, 0.2) is 5.84 Å². The number of piperazine rings is 1. The van der Waals surface area contributed by atoms with E-state index < -0.39 is 0 Å². The Morgan fingerprint density at radius 3 is 2.47 bits per heavy atom. The molecule has 6 heteroatoms. The highest BCUT2D eigenvalue weighted by atomic mass is 16.5. The van der Waals surface area contributed by atoms with E-state index in [-0.39, 0.29) is 11.4 Å². The van der Waals surface area contributed by atoms with Gasteiger partial charge in [0.25, 0.3) is 0 Å². The molecule has 0 unspecified atom stereocenters. The molecule has 0 aromatic rings. The van der Waals surface area contributed by atoms with E-state index in [1.807, 2.05) is 20.8 Å². The summed E-state index contributed by atoms with van der Waals surface area (Å²) in [5, 5.41) is 12.0. The summed E-state index contributed by atoms with van der Waals surface area (Å²) in [4.78, 5) is 4.71. The van der Waals surface area contributed by atoms with Crippen molar-refractivity contribution in [3.8, 4) is 0 Å². The van der Waals surface area contributed by atoms with Crippen molar-refractivity contribution in [3.05, 3.63) is 0 Å². The van der Waals surface area contributed by atoms with Crippen LogP contribution in [0.1, 0.15) is 27.2 Å². The third-order valence-corrected chi connectivity index (χ3v) is 3.86. The van der Waals surface area contributed by atoms with Gasteiger partial charge in [0.2, 0.25) is 0 Å². The second-order valence-electron chi connectivity index (χ2n) is 5.42. The highest BCUT2D eigenvalue weighted by Gasteiger charge is 2.33. The molecule has 0 aromatic carbocycles. The first-order chi connectivity index (χ1) is 9.02. The molecule has 0 amide bonds. The topological polar surface area (TPSA) is 74.3 Å². The summed E-state index contributed by atoms with van der Waals surface area (Å²) in [6.45, 7) is 12.7. The monoisotopic (exact) mass is 272 g/mol. The predicted octanol–water partition coefficient (Wildman–Crippen LogP) is 0.556. The molecule has 112 valence electrons. The van der Waals surface area contributed by atoms with Crippen LogP contribution in [0.3, 0.4) is 0 Å². The molecule has 0 spiro atoms. The zero-order valence-electron chi connectivity index (χ0n) is 12.4. The van der Waals surface area contributed by atoms with Gasteiger partial charge in [0.05, 0.1) is 5.54 Å². The summed E-state index contributed by atoms with van der Waals surface area (Å²) in [6.07, 6.45) is 1.08. The summed E-state index contributed by atoms with van der Waals surface area (Å²) in [7, 11) is 0. The van der Waals surface area contributed by atoms with Crippen molar-refractivity contribution in [2.45, 2.75) is 32.7 Å². The SMILES string of the molecule is CCOCCCN1CCN(C(C)(C)C(N)=NO)CC1. The third-order valence-electron chi connectivity index (χ3n) is 3.86. The molecule has 0 aromatic heterocycles. The molecule has 1 fully saturated rings. The maximum absolute atomic E-state index is 8.83.